The number of halogens is 1. The number of hydrogen-bond donors (Lipinski definition) is 1. The molecule has 6 heteroatoms. The standard InChI is InChI=1S/C16H14ClN3O2/c17-13-6-2-1-5-12(13)14-8-15(22-20-14)16(21)19-10-11-4-3-7-18-9-11/h1-7,9,15H,8,10H2,(H,19,21)/t15-/m0/s1. The lowest BCUT2D eigenvalue weighted by Crippen LogP contribution is -2.34. The molecule has 1 aliphatic rings. The fraction of sp³-hybridized carbons (Fsp3) is 0.188. The summed E-state index contributed by atoms with van der Waals surface area (Å²) in [5.41, 5.74) is 2.42. The number of carbonyl (C=O) groups is 1. The molecule has 0 radical (unpaired) electrons. The predicted molar refractivity (Wildman–Crippen MR) is 83.6 cm³/mol. The maximum absolute atomic E-state index is 12.1. The summed E-state index contributed by atoms with van der Waals surface area (Å²) in [4.78, 5) is 21.3. The molecule has 0 spiro atoms. The molecule has 1 aliphatic heterocycles. The van der Waals surface area contributed by atoms with Crippen LogP contribution < -0.4 is 5.32 Å². The van der Waals surface area contributed by atoms with E-state index in [1.807, 2.05) is 30.3 Å². The minimum absolute atomic E-state index is 0.199. The van der Waals surface area contributed by atoms with Crippen molar-refractivity contribution in [1.29, 1.82) is 0 Å². The topological polar surface area (TPSA) is 63.6 Å². The van der Waals surface area contributed by atoms with Gasteiger partial charge in [-0.1, -0.05) is 41.0 Å². The van der Waals surface area contributed by atoms with E-state index >= 15 is 0 Å². The maximum atomic E-state index is 12.1. The van der Waals surface area contributed by atoms with Gasteiger partial charge >= 0.3 is 0 Å². The van der Waals surface area contributed by atoms with Gasteiger partial charge in [0.15, 0.2) is 0 Å². The predicted octanol–water partition coefficient (Wildman–Crippen LogP) is 2.54. The second-order valence-corrected chi connectivity index (χ2v) is 5.30. The zero-order valence-corrected chi connectivity index (χ0v) is 12.5. The average Bonchev–Trinajstić information content (AvgIpc) is 3.04. The first-order valence-electron chi connectivity index (χ1n) is 6.88. The molecule has 2 heterocycles. The molecule has 0 saturated heterocycles. The van der Waals surface area contributed by atoms with Gasteiger partial charge < -0.3 is 10.2 Å². The van der Waals surface area contributed by atoms with Gasteiger partial charge in [-0.15, -0.1) is 0 Å². The summed E-state index contributed by atoms with van der Waals surface area (Å²) in [5, 5.41) is 7.40. The van der Waals surface area contributed by atoms with E-state index in [0.29, 0.717) is 23.7 Å². The van der Waals surface area contributed by atoms with Gasteiger partial charge in [0.2, 0.25) is 6.10 Å². The summed E-state index contributed by atoms with van der Waals surface area (Å²) in [6.45, 7) is 0.411. The van der Waals surface area contributed by atoms with Crippen molar-refractivity contribution in [3.63, 3.8) is 0 Å². The number of hydrogen-bond acceptors (Lipinski definition) is 4. The van der Waals surface area contributed by atoms with Crippen molar-refractivity contribution < 1.29 is 9.63 Å². The normalized spacial score (nSPS) is 16.8. The van der Waals surface area contributed by atoms with Crippen molar-refractivity contribution in [3.8, 4) is 0 Å². The van der Waals surface area contributed by atoms with Crippen molar-refractivity contribution in [3.05, 3.63) is 64.9 Å². The van der Waals surface area contributed by atoms with Crippen LogP contribution in [0.5, 0.6) is 0 Å². The van der Waals surface area contributed by atoms with Crippen LogP contribution in [0.1, 0.15) is 17.5 Å². The molecule has 0 unspecified atom stereocenters. The summed E-state index contributed by atoms with van der Waals surface area (Å²) in [6.07, 6.45) is 3.18. The second kappa shape index (κ2) is 6.58. The Labute approximate surface area is 133 Å². The molecule has 0 fully saturated rings. The van der Waals surface area contributed by atoms with Crippen molar-refractivity contribution in [1.82, 2.24) is 10.3 Å². The minimum Gasteiger partial charge on any atom is -0.382 e. The Morgan fingerprint density at radius 1 is 1.32 bits per heavy atom. The number of oxime groups is 1. The molecule has 1 aromatic carbocycles. The SMILES string of the molecule is O=C(NCc1cccnc1)[C@@H]1CC(c2ccccc2Cl)=NO1. The van der Waals surface area contributed by atoms with Crippen LogP contribution in [0, 0.1) is 0 Å². The van der Waals surface area contributed by atoms with Gasteiger partial charge in [-0.25, -0.2) is 0 Å². The van der Waals surface area contributed by atoms with Crippen LogP contribution in [0.2, 0.25) is 5.02 Å². The highest BCUT2D eigenvalue weighted by Crippen LogP contribution is 2.22. The van der Waals surface area contributed by atoms with Crippen LogP contribution in [0.15, 0.2) is 53.9 Å². The molecule has 0 bridgehead atoms. The van der Waals surface area contributed by atoms with Crippen LogP contribution in [0.4, 0.5) is 0 Å². The highest BCUT2D eigenvalue weighted by atomic mass is 35.5. The number of amides is 1. The fourth-order valence-electron chi connectivity index (χ4n) is 2.18. The molecular formula is C16H14ClN3O2. The van der Waals surface area contributed by atoms with E-state index in [1.165, 1.54) is 0 Å². The zero-order chi connectivity index (χ0) is 15.4. The van der Waals surface area contributed by atoms with Gasteiger partial charge in [0.25, 0.3) is 5.91 Å². The molecule has 22 heavy (non-hydrogen) atoms. The third-order valence-electron chi connectivity index (χ3n) is 3.34. The van der Waals surface area contributed by atoms with Crippen molar-refractivity contribution in [2.24, 2.45) is 5.16 Å². The van der Waals surface area contributed by atoms with Gasteiger partial charge in [-0.05, 0) is 17.7 Å². The Morgan fingerprint density at radius 2 is 2.18 bits per heavy atom. The largest absolute Gasteiger partial charge is 0.382 e. The lowest BCUT2D eigenvalue weighted by Gasteiger charge is -2.09. The fourth-order valence-corrected chi connectivity index (χ4v) is 2.42. The summed E-state index contributed by atoms with van der Waals surface area (Å²) in [7, 11) is 0. The number of carbonyl (C=O) groups excluding carboxylic acids is 1. The Hall–Kier alpha value is -2.40. The van der Waals surface area contributed by atoms with Crippen LogP contribution in [0.25, 0.3) is 0 Å². The van der Waals surface area contributed by atoms with E-state index in [2.05, 4.69) is 15.5 Å². The van der Waals surface area contributed by atoms with Gasteiger partial charge in [0.1, 0.15) is 0 Å². The van der Waals surface area contributed by atoms with Crippen molar-refractivity contribution in [2.75, 3.05) is 0 Å². The quantitative estimate of drug-likeness (QED) is 0.943. The van der Waals surface area contributed by atoms with E-state index in [9.17, 15) is 4.79 Å². The van der Waals surface area contributed by atoms with Gasteiger partial charge in [-0.3, -0.25) is 9.78 Å². The second-order valence-electron chi connectivity index (χ2n) is 4.90. The Bertz CT molecular complexity index is 704. The molecule has 1 atom stereocenters. The van der Waals surface area contributed by atoms with E-state index in [0.717, 1.165) is 11.1 Å². The lowest BCUT2D eigenvalue weighted by atomic mass is 10.0. The van der Waals surface area contributed by atoms with Crippen molar-refractivity contribution in [2.45, 2.75) is 19.1 Å². The first-order chi connectivity index (χ1) is 10.7. The van der Waals surface area contributed by atoms with E-state index in [-0.39, 0.29) is 5.91 Å². The van der Waals surface area contributed by atoms with E-state index < -0.39 is 6.10 Å². The summed E-state index contributed by atoms with van der Waals surface area (Å²) < 4.78 is 0. The highest BCUT2D eigenvalue weighted by molar-refractivity contribution is 6.34. The summed E-state index contributed by atoms with van der Waals surface area (Å²) in [5.74, 6) is -0.199. The van der Waals surface area contributed by atoms with Crippen LogP contribution >= 0.6 is 11.6 Å². The first kappa shape index (κ1) is 14.5. The van der Waals surface area contributed by atoms with Crippen LogP contribution in [-0.2, 0) is 16.2 Å². The van der Waals surface area contributed by atoms with E-state index in [1.54, 1.807) is 18.5 Å². The third kappa shape index (κ3) is 3.26. The number of aromatic nitrogens is 1. The molecule has 3 rings (SSSR count). The molecular weight excluding hydrogens is 302 g/mol. The summed E-state index contributed by atoms with van der Waals surface area (Å²) >= 11 is 6.13. The average molecular weight is 316 g/mol. The van der Waals surface area contributed by atoms with Gasteiger partial charge in [-0.2, -0.15) is 0 Å². The van der Waals surface area contributed by atoms with Gasteiger partial charge in [0.05, 0.1) is 5.71 Å². The molecule has 0 aliphatic carbocycles. The molecule has 2 aromatic rings. The lowest BCUT2D eigenvalue weighted by molar-refractivity contribution is -0.131. The molecule has 1 aromatic heterocycles. The highest BCUT2D eigenvalue weighted by Gasteiger charge is 2.29. The minimum atomic E-state index is -0.622. The smallest absolute Gasteiger partial charge is 0.264 e. The number of nitrogens with one attached hydrogen (secondary N) is 1. The van der Waals surface area contributed by atoms with E-state index in [4.69, 9.17) is 16.4 Å². The van der Waals surface area contributed by atoms with Crippen LogP contribution in [-0.4, -0.2) is 22.7 Å². The summed E-state index contributed by atoms with van der Waals surface area (Å²) in [6, 6.07) is 11.1. The molecule has 0 saturated carbocycles. The van der Waals surface area contributed by atoms with Gasteiger partial charge in [0, 0.05) is 35.9 Å². The molecule has 112 valence electrons. The number of benzene rings is 1. The number of pyridine rings is 1. The molecule has 5 nitrogen and oxygen atoms in total. The number of nitrogens with zero attached hydrogens (tertiary/aromatic N) is 2. The maximum Gasteiger partial charge on any atom is 0.264 e. The Kier molecular flexibility index (Phi) is 4.34. The Balaban J connectivity index is 1.57. The Morgan fingerprint density at radius 3 is 2.95 bits per heavy atom. The molecule has 1 amide bonds. The van der Waals surface area contributed by atoms with Crippen molar-refractivity contribution >= 4 is 23.2 Å². The number of rotatable bonds is 4. The monoisotopic (exact) mass is 315 g/mol. The zero-order valence-electron chi connectivity index (χ0n) is 11.7. The first-order valence-corrected chi connectivity index (χ1v) is 7.26. The van der Waals surface area contributed by atoms with Crippen LogP contribution in [0.3, 0.4) is 0 Å². The molecule has 1 N–H and O–H groups in total. The third-order valence-corrected chi connectivity index (χ3v) is 3.67.